The predicted octanol–water partition coefficient (Wildman–Crippen LogP) is 2.08. The van der Waals surface area contributed by atoms with E-state index in [0.29, 0.717) is 12.3 Å². The lowest BCUT2D eigenvalue weighted by molar-refractivity contribution is -0.161. The maximum Gasteiger partial charge on any atom is 0.246 e. The van der Waals surface area contributed by atoms with Crippen molar-refractivity contribution in [2.75, 3.05) is 0 Å². The molecular formula is C15H26N2O2. The van der Waals surface area contributed by atoms with Gasteiger partial charge in [0.2, 0.25) is 11.8 Å². The van der Waals surface area contributed by atoms with E-state index >= 15 is 0 Å². The minimum Gasteiger partial charge on any atom is -0.342 e. The molecule has 1 saturated carbocycles. The molecule has 1 saturated heterocycles. The maximum absolute atomic E-state index is 12.7. The second-order valence-corrected chi connectivity index (χ2v) is 6.20. The second-order valence-electron chi connectivity index (χ2n) is 6.20. The topological polar surface area (TPSA) is 49.4 Å². The number of piperazine rings is 1. The van der Waals surface area contributed by atoms with Gasteiger partial charge in [0, 0.05) is 6.04 Å². The fourth-order valence-corrected chi connectivity index (χ4v) is 3.40. The molecule has 4 heteroatoms. The number of nitrogens with zero attached hydrogens (tertiary/aromatic N) is 1. The van der Waals surface area contributed by atoms with Crippen molar-refractivity contribution in [3.63, 3.8) is 0 Å². The van der Waals surface area contributed by atoms with Gasteiger partial charge in [0.05, 0.1) is 0 Å². The average Bonchev–Trinajstić information content (AvgIpc) is 3.18. The van der Waals surface area contributed by atoms with Gasteiger partial charge in [-0.15, -0.1) is 0 Å². The summed E-state index contributed by atoms with van der Waals surface area (Å²) in [5.74, 6) is 0.496. The minimum atomic E-state index is -0.628. The lowest BCUT2D eigenvalue weighted by atomic mass is 9.85. The number of carbonyl (C=O) groups excluding carboxylic acids is 2. The Balaban J connectivity index is 2.33. The van der Waals surface area contributed by atoms with Crippen LogP contribution in [0.4, 0.5) is 0 Å². The lowest BCUT2D eigenvalue weighted by Gasteiger charge is -2.49. The van der Waals surface area contributed by atoms with Gasteiger partial charge < -0.3 is 10.2 Å². The minimum absolute atomic E-state index is 0.0457. The third-order valence-corrected chi connectivity index (χ3v) is 4.73. The van der Waals surface area contributed by atoms with Crippen molar-refractivity contribution < 1.29 is 9.59 Å². The number of nitrogens with one attached hydrogen (secondary N) is 1. The molecule has 19 heavy (non-hydrogen) atoms. The molecule has 0 aromatic rings. The molecule has 1 N–H and O–H groups in total. The van der Waals surface area contributed by atoms with E-state index in [0.717, 1.165) is 25.7 Å². The summed E-state index contributed by atoms with van der Waals surface area (Å²) in [4.78, 5) is 27.1. The van der Waals surface area contributed by atoms with Gasteiger partial charge >= 0.3 is 0 Å². The first kappa shape index (κ1) is 14.4. The Bertz CT molecular complexity index is 378. The zero-order valence-corrected chi connectivity index (χ0v) is 12.5. The fourth-order valence-electron chi connectivity index (χ4n) is 3.40. The molecular weight excluding hydrogens is 240 g/mol. The van der Waals surface area contributed by atoms with Crippen molar-refractivity contribution >= 4 is 11.8 Å². The first-order valence-electron chi connectivity index (χ1n) is 7.60. The number of hydrogen-bond acceptors (Lipinski definition) is 2. The Hall–Kier alpha value is -1.06. The van der Waals surface area contributed by atoms with Crippen LogP contribution in [0.3, 0.4) is 0 Å². The van der Waals surface area contributed by atoms with E-state index in [1.165, 1.54) is 0 Å². The van der Waals surface area contributed by atoms with Crippen LogP contribution in [0.15, 0.2) is 0 Å². The Morgan fingerprint density at radius 1 is 1.37 bits per heavy atom. The van der Waals surface area contributed by atoms with Crippen molar-refractivity contribution in [3.05, 3.63) is 0 Å². The van der Waals surface area contributed by atoms with E-state index in [4.69, 9.17) is 0 Å². The van der Waals surface area contributed by atoms with Crippen molar-refractivity contribution in [2.45, 2.75) is 77.4 Å². The van der Waals surface area contributed by atoms with E-state index in [-0.39, 0.29) is 23.9 Å². The standard InChI is InChI=1S/C15H26N2O2/c1-5-7-10(3)17-13(18)12(6-2)16-14(19)15(17,4)11-8-9-11/h10-12H,5-9H2,1-4H3,(H,16,19). The summed E-state index contributed by atoms with van der Waals surface area (Å²) in [5, 5.41) is 2.92. The average molecular weight is 266 g/mol. The molecule has 2 aliphatic rings. The van der Waals surface area contributed by atoms with Gasteiger partial charge in [-0.3, -0.25) is 9.59 Å². The number of amides is 2. The maximum atomic E-state index is 12.7. The number of hydrogen-bond donors (Lipinski definition) is 1. The van der Waals surface area contributed by atoms with E-state index in [9.17, 15) is 9.59 Å². The van der Waals surface area contributed by atoms with Gasteiger partial charge in [0.15, 0.2) is 0 Å². The second kappa shape index (κ2) is 5.14. The molecule has 2 amide bonds. The van der Waals surface area contributed by atoms with Crippen molar-refractivity contribution in [1.82, 2.24) is 10.2 Å². The summed E-state index contributed by atoms with van der Waals surface area (Å²) >= 11 is 0. The molecule has 0 aromatic heterocycles. The van der Waals surface area contributed by atoms with E-state index in [2.05, 4.69) is 19.2 Å². The monoisotopic (exact) mass is 266 g/mol. The summed E-state index contributed by atoms with van der Waals surface area (Å²) in [7, 11) is 0. The van der Waals surface area contributed by atoms with Gasteiger partial charge in [-0.1, -0.05) is 20.3 Å². The molecule has 1 heterocycles. The molecule has 0 spiro atoms. The highest BCUT2D eigenvalue weighted by molar-refractivity contribution is 6.00. The largest absolute Gasteiger partial charge is 0.342 e. The molecule has 2 rings (SSSR count). The Morgan fingerprint density at radius 3 is 2.47 bits per heavy atom. The highest BCUT2D eigenvalue weighted by Gasteiger charge is 2.57. The van der Waals surface area contributed by atoms with Crippen molar-refractivity contribution in [2.24, 2.45) is 5.92 Å². The zero-order valence-electron chi connectivity index (χ0n) is 12.5. The van der Waals surface area contributed by atoms with Crippen LogP contribution in [0.25, 0.3) is 0 Å². The smallest absolute Gasteiger partial charge is 0.246 e. The molecule has 1 aliphatic heterocycles. The predicted molar refractivity (Wildman–Crippen MR) is 74.6 cm³/mol. The quantitative estimate of drug-likeness (QED) is 0.828. The van der Waals surface area contributed by atoms with Crippen molar-refractivity contribution in [3.8, 4) is 0 Å². The van der Waals surface area contributed by atoms with E-state index < -0.39 is 5.54 Å². The fraction of sp³-hybridized carbons (Fsp3) is 0.867. The van der Waals surface area contributed by atoms with E-state index in [1.54, 1.807) is 0 Å². The number of rotatable bonds is 5. The molecule has 0 aromatic carbocycles. The molecule has 2 fully saturated rings. The van der Waals surface area contributed by atoms with Crippen LogP contribution in [-0.4, -0.2) is 34.3 Å². The SMILES string of the molecule is CCCC(C)N1C(=O)C(CC)NC(=O)C1(C)C1CC1. The molecule has 3 atom stereocenters. The van der Waals surface area contributed by atoms with Crippen LogP contribution in [0.1, 0.15) is 59.8 Å². The third-order valence-electron chi connectivity index (χ3n) is 4.73. The third kappa shape index (κ3) is 2.26. The first-order chi connectivity index (χ1) is 8.96. The Labute approximate surface area is 115 Å². The first-order valence-corrected chi connectivity index (χ1v) is 7.60. The van der Waals surface area contributed by atoms with Gasteiger partial charge in [0.1, 0.15) is 11.6 Å². The summed E-state index contributed by atoms with van der Waals surface area (Å²) in [5.41, 5.74) is -0.628. The van der Waals surface area contributed by atoms with Crippen LogP contribution >= 0.6 is 0 Å². The zero-order chi connectivity index (χ0) is 14.2. The lowest BCUT2D eigenvalue weighted by Crippen LogP contribution is -2.72. The Morgan fingerprint density at radius 2 is 2.00 bits per heavy atom. The van der Waals surface area contributed by atoms with Crippen LogP contribution in [0, 0.1) is 5.92 Å². The van der Waals surface area contributed by atoms with E-state index in [1.807, 2.05) is 18.7 Å². The summed E-state index contributed by atoms with van der Waals surface area (Å²) in [6.45, 7) is 8.10. The van der Waals surface area contributed by atoms with Gasteiger partial charge in [-0.05, 0) is 45.4 Å². The normalized spacial score (nSPS) is 33.3. The molecule has 0 radical (unpaired) electrons. The van der Waals surface area contributed by atoms with Crippen LogP contribution in [0.5, 0.6) is 0 Å². The van der Waals surface area contributed by atoms with Crippen LogP contribution < -0.4 is 5.32 Å². The molecule has 108 valence electrons. The van der Waals surface area contributed by atoms with Crippen LogP contribution in [0.2, 0.25) is 0 Å². The van der Waals surface area contributed by atoms with Gasteiger partial charge in [0.25, 0.3) is 0 Å². The molecule has 0 bridgehead atoms. The molecule has 3 unspecified atom stereocenters. The molecule has 1 aliphatic carbocycles. The number of carbonyl (C=O) groups is 2. The van der Waals surface area contributed by atoms with Gasteiger partial charge in [-0.2, -0.15) is 0 Å². The van der Waals surface area contributed by atoms with Gasteiger partial charge in [-0.25, -0.2) is 0 Å². The molecule has 4 nitrogen and oxygen atoms in total. The van der Waals surface area contributed by atoms with Crippen LogP contribution in [-0.2, 0) is 9.59 Å². The highest BCUT2D eigenvalue weighted by atomic mass is 16.2. The Kier molecular flexibility index (Phi) is 3.88. The summed E-state index contributed by atoms with van der Waals surface area (Å²) in [6.07, 6.45) is 4.77. The summed E-state index contributed by atoms with van der Waals surface area (Å²) < 4.78 is 0. The highest BCUT2D eigenvalue weighted by Crippen LogP contribution is 2.46. The van der Waals surface area contributed by atoms with Crippen molar-refractivity contribution in [1.29, 1.82) is 0 Å². The summed E-state index contributed by atoms with van der Waals surface area (Å²) in [6, 6.07) is -0.193.